The highest BCUT2D eigenvalue weighted by molar-refractivity contribution is 5.98. The number of nitrogens with one attached hydrogen (secondary N) is 1. The van der Waals surface area contributed by atoms with Crippen LogP contribution in [0.15, 0.2) is 42.6 Å². The lowest BCUT2D eigenvalue weighted by atomic mass is 10.2. The van der Waals surface area contributed by atoms with Crippen LogP contribution in [-0.4, -0.2) is 75.2 Å². The molecule has 1 aromatic carbocycles. The summed E-state index contributed by atoms with van der Waals surface area (Å²) in [5.41, 5.74) is 1.80. The van der Waals surface area contributed by atoms with Crippen molar-refractivity contribution < 1.29 is 19.1 Å². The average Bonchev–Trinajstić information content (AvgIpc) is 2.79. The molecule has 0 atom stereocenters. The van der Waals surface area contributed by atoms with Crippen molar-refractivity contribution in [2.75, 3.05) is 58.5 Å². The first kappa shape index (κ1) is 20.6. The van der Waals surface area contributed by atoms with Crippen molar-refractivity contribution >= 4 is 17.5 Å². The van der Waals surface area contributed by atoms with Crippen LogP contribution in [0.1, 0.15) is 20.8 Å². The van der Waals surface area contributed by atoms with E-state index < -0.39 is 0 Å². The Balaban J connectivity index is 1.58. The zero-order chi connectivity index (χ0) is 20.6. The summed E-state index contributed by atoms with van der Waals surface area (Å²) in [5.74, 6) is 0.411. The minimum Gasteiger partial charge on any atom is -0.497 e. The maximum absolute atomic E-state index is 12.8. The molecule has 3 rings (SSSR count). The Morgan fingerprint density at radius 2 is 1.79 bits per heavy atom. The van der Waals surface area contributed by atoms with Crippen molar-refractivity contribution in [2.24, 2.45) is 0 Å². The maximum atomic E-state index is 12.8. The number of methoxy groups -OCH3 is 2. The molecule has 1 aliphatic heterocycles. The lowest BCUT2D eigenvalue weighted by Crippen LogP contribution is -2.49. The Morgan fingerprint density at radius 1 is 1.07 bits per heavy atom. The maximum Gasteiger partial charge on any atom is 0.272 e. The number of hydrogen-bond donors (Lipinski definition) is 1. The Kier molecular flexibility index (Phi) is 7.02. The molecule has 0 saturated carbocycles. The molecule has 2 aromatic rings. The molecule has 8 nitrogen and oxygen atoms in total. The molecule has 1 saturated heterocycles. The van der Waals surface area contributed by atoms with Gasteiger partial charge < -0.3 is 24.6 Å². The highest BCUT2D eigenvalue weighted by Gasteiger charge is 2.23. The summed E-state index contributed by atoms with van der Waals surface area (Å²) in [6, 6.07) is 11.0. The van der Waals surface area contributed by atoms with E-state index in [1.807, 2.05) is 24.3 Å². The first-order valence-electron chi connectivity index (χ1n) is 9.54. The number of hydrogen-bond acceptors (Lipinski definition) is 6. The predicted molar refractivity (Wildman–Crippen MR) is 110 cm³/mol. The third kappa shape index (κ3) is 5.23. The van der Waals surface area contributed by atoms with Crippen LogP contribution in [0, 0.1) is 0 Å². The van der Waals surface area contributed by atoms with Gasteiger partial charge in [-0.3, -0.25) is 14.6 Å². The number of benzene rings is 1. The van der Waals surface area contributed by atoms with Crippen molar-refractivity contribution in [1.82, 2.24) is 15.2 Å². The molecule has 29 heavy (non-hydrogen) atoms. The van der Waals surface area contributed by atoms with Crippen LogP contribution >= 0.6 is 0 Å². The summed E-state index contributed by atoms with van der Waals surface area (Å²) in [6.07, 6.45) is 1.49. The van der Waals surface area contributed by atoms with Gasteiger partial charge in [0.1, 0.15) is 11.4 Å². The van der Waals surface area contributed by atoms with E-state index in [1.54, 1.807) is 31.3 Å². The van der Waals surface area contributed by atoms with E-state index in [9.17, 15) is 9.59 Å². The fraction of sp³-hybridized carbons (Fsp3) is 0.381. The topological polar surface area (TPSA) is 84.0 Å². The summed E-state index contributed by atoms with van der Waals surface area (Å²) in [4.78, 5) is 33.2. The number of pyridine rings is 1. The van der Waals surface area contributed by atoms with Gasteiger partial charge in [-0.15, -0.1) is 0 Å². The molecule has 2 amide bonds. The molecule has 2 heterocycles. The molecule has 0 bridgehead atoms. The summed E-state index contributed by atoms with van der Waals surface area (Å²) in [5, 5.41) is 2.75. The average molecular weight is 398 g/mol. The first-order valence-corrected chi connectivity index (χ1v) is 9.54. The number of piperazine rings is 1. The molecular weight excluding hydrogens is 372 g/mol. The Bertz CT molecular complexity index is 833. The standard InChI is InChI=1S/C21H26N4O4/c1-28-14-9-23-20(26)16-7-8-22-19(15-16)21(27)25-12-10-24(11-13-25)17-3-5-18(29-2)6-4-17/h3-8,15H,9-14H2,1-2H3,(H,23,26). The Hall–Kier alpha value is -3.13. The molecular formula is C21H26N4O4. The number of carbonyl (C=O) groups is 2. The molecule has 154 valence electrons. The zero-order valence-corrected chi connectivity index (χ0v) is 16.8. The van der Waals surface area contributed by atoms with Gasteiger partial charge in [-0.05, 0) is 36.4 Å². The number of anilines is 1. The lowest BCUT2D eigenvalue weighted by Gasteiger charge is -2.36. The van der Waals surface area contributed by atoms with Crippen molar-refractivity contribution in [3.63, 3.8) is 0 Å². The van der Waals surface area contributed by atoms with Crippen LogP contribution in [0.3, 0.4) is 0 Å². The van der Waals surface area contributed by atoms with Gasteiger partial charge in [0.05, 0.1) is 13.7 Å². The number of amides is 2. The number of rotatable bonds is 7. The van der Waals surface area contributed by atoms with Crippen LogP contribution in [0.25, 0.3) is 0 Å². The molecule has 1 aliphatic rings. The fourth-order valence-corrected chi connectivity index (χ4v) is 3.18. The molecule has 8 heteroatoms. The van der Waals surface area contributed by atoms with Gasteiger partial charge in [0, 0.05) is 57.3 Å². The minimum atomic E-state index is -0.247. The second kappa shape index (κ2) is 9.88. The number of ether oxygens (including phenoxy) is 2. The SMILES string of the molecule is COCCNC(=O)c1ccnc(C(=O)N2CCN(c3ccc(OC)cc3)CC2)c1. The second-order valence-electron chi connectivity index (χ2n) is 6.66. The number of carbonyl (C=O) groups excluding carboxylic acids is 2. The van der Waals surface area contributed by atoms with Gasteiger partial charge in [-0.25, -0.2) is 0 Å². The third-order valence-corrected chi connectivity index (χ3v) is 4.84. The smallest absolute Gasteiger partial charge is 0.272 e. The van der Waals surface area contributed by atoms with Gasteiger partial charge in [-0.1, -0.05) is 0 Å². The third-order valence-electron chi connectivity index (χ3n) is 4.84. The van der Waals surface area contributed by atoms with E-state index in [0.29, 0.717) is 31.8 Å². The van der Waals surface area contributed by atoms with Gasteiger partial charge in [0.15, 0.2) is 0 Å². The largest absolute Gasteiger partial charge is 0.497 e. The van der Waals surface area contributed by atoms with Crippen molar-refractivity contribution in [3.05, 3.63) is 53.9 Å². The van der Waals surface area contributed by atoms with E-state index in [-0.39, 0.29) is 17.5 Å². The van der Waals surface area contributed by atoms with Crippen molar-refractivity contribution in [3.8, 4) is 5.75 Å². The Labute approximate surface area is 170 Å². The van der Waals surface area contributed by atoms with E-state index in [1.165, 1.54) is 6.20 Å². The highest BCUT2D eigenvalue weighted by Crippen LogP contribution is 2.21. The molecule has 0 spiro atoms. The zero-order valence-electron chi connectivity index (χ0n) is 16.8. The van der Waals surface area contributed by atoms with Crippen molar-refractivity contribution in [2.45, 2.75) is 0 Å². The van der Waals surface area contributed by atoms with E-state index >= 15 is 0 Å². The lowest BCUT2D eigenvalue weighted by molar-refractivity contribution is 0.0741. The van der Waals surface area contributed by atoms with E-state index in [0.717, 1.165) is 24.5 Å². The highest BCUT2D eigenvalue weighted by atomic mass is 16.5. The number of nitrogens with zero attached hydrogens (tertiary/aromatic N) is 3. The van der Waals surface area contributed by atoms with Crippen LogP contribution < -0.4 is 15.0 Å². The summed E-state index contributed by atoms with van der Waals surface area (Å²) >= 11 is 0. The Morgan fingerprint density at radius 3 is 2.45 bits per heavy atom. The second-order valence-corrected chi connectivity index (χ2v) is 6.66. The van der Waals surface area contributed by atoms with E-state index in [4.69, 9.17) is 9.47 Å². The molecule has 1 N–H and O–H groups in total. The first-order chi connectivity index (χ1) is 14.1. The van der Waals surface area contributed by atoms with Crippen LogP contribution in [0.5, 0.6) is 5.75 Å². The van der Waals surface area contributed by atoms with Crippen LogP contribution in [0.4, 0.5) is 5.69 Å². The van der Waals surface area contributed by atoms with Crippen molar-refractivity contribution in [1.29, 1.82) is 0 Å². The molecule has 0 radical (unpaired) electrons. The van der Waals surface area contributed by atoms with Gasteiger partial charge in [0.2, 0.25) is 0 Å². The molecule has 0 aliphatic carbocycles. The minimum absolute atomic E-state index is 0.161. The van der Waals surface area contributed by atoms with Gasteiger partial charge in [0.25, 0.3) is 11.8 Å². The van der Waals surface area contributed by atoms with Gasteiger partial charge >= 0.3 is 0 Å². The summed E-state index contributed by atoms with van der Waals surface area (Å²) in [6.45, 7) is 3.49. The molecule has 1 fully saturated rings. The normalized spacial score (nSPS) is 13.9. The fourth-order valence-electron chi connectivity index (χ4n) is 3.18. The van der Waals surface area contributed by atoms with E-state index in [2.05, 4.69) is 15.2 Å². The van der Waals surface area contributed by atoms with Crippen LogP contribution in [-0.2, 0) is 4.74 Å². The summed E-state index contributed by atoms with van der Waals surface area (Å²) < 4.78 is 10.1. The summed E-state index contributed by atoms with van der Waals surface area (Å²) in [7, 11) is 3.22. The molecule has 0 unspecified atom stereocenters. The predicted octanol–water partition coefficient (Wildman–Crippen LogP) is 1.43. The quantitative estimate of drug-likeness (QED) is 0.711. The molecule has 1 aromatic heterocycles. The monoisotopic (exact) mass is 398 g/mol. The van der Waals surface area contributed by atoms with Crippen LogP contribution in [0.2, 0.25) is 0 Å². The number of aromatic nitrogens is 1. The van der Waals surface area contributed by atoms with Gasteiger partial charge in [-0.2, -0.15) is 0 Å².